The Morgan fingerprint density at radius 1 is 1.33 bits per heavy atom. The number of halogens is 2. The maximum absolute atomic E-state index is 12.6. The lowest BCUT2D eigenvalue weighted by Crippen LogP contribution is -2.32. The van der Waals surface area contributed by atoms with Gasteiger partial charge in [-0.1, -0.05) is 39.0 Å². The number of ketones is 1. The van der Waals surface area contributed by atoms with Crippen LogP contribution >= 0.6 is 11.3 Å². The van der Waals surface area contributed by atoms with E-state index in [4.69, 9.17) is 0 Å². The Morgan fingerprint density at radius 3 is 2.52 bits per heavy atom. The number of carbonyl (C=O) groups excluding carboxylic acids is 1. The van der Waals surface area contributed by atoms with Crippen LogP contribution in [-0.4, -0.2) is 17.0 Å². The normalized spacial score (nSPS) is 13.5. The topological polar surface area (TPSA) is 72.1 Å². The number of thiazole rings is 1. The van der Waals surface area contributed by atoms with E-state index in [1.165, 1.54) is 35.9 Å². The third kappa shape index (κ3) is 4.49. The van der Waals surface area contributed by atoms with Crippen molar-refractivity contribution in [1.29, 1.82) is 5.26 Å². The molecule has 8 heteroatoms. The van der Waals surface area contributed by atoms with E-state index in [1.807, 2.05) is 6.07 Å². The maximum atomic E-state index is 12.6. The van der Waals surface area contributed by atoms with Crippen molar-refractivity contribution in [1.82, 2.24) is 4.57 Å². The predicted molar refractivity (Wildman–Crippen MR) is 98.9 cm³/mol. The van der Waals surface area contributed by atoms with Gasteiger partial charge in [0.25, 0.3) is 5.56 Å². The molecule has 1 aromatic heterocycles. The van der Waals surface area contributed by atoms with E-state index in [9.17, 15) is 23.6 Å². The fourth-order valence-electron chi connectivity index (χ4n) is 2.30. The van der Waals surface area contributed by atoms with Gasteiger partial charge >= 0.3 is 6.61 Å². The van der Waals surface area contributed by atoms with Crippen molar-refractivity contribution < 1.29 is 18.3 Å². The van der Waals surface area contributed by atoms with E-state index in [0.29, 0.717) is 5.56 Å². The zero-order chi connectivity index (χ0) is 20.4. The first-order valence-corrected chi connectivity index (χ1v) is 8.78. The number of alkyl halides is 2. The lowest BCUT2D eigenvalue weighted by molar-refractivity contribution is -0.120. The van der Waals surface area contributed by atoms with Crippen LogP contribution in [0, 0.1) is 16.7 Å². The average molecular weight is 392 g/mol. The van der Waals surface area contributed by atoms with Crippen LogP contribution in [0.25, 0.3) is 11.6 Å². The van der Waals surface area contributed by atoms with Gasteiger partial charge in [-0.2, -0.15) is 14.0 Å². The molecule has 0 bridgehead atoms. The maximum Gasteiger partial charge on any atom is 0.387 e. The Morgan fingerprint density at radius 2 is 1.96 bits per heavy atom. The van der Waals surface area contributed by atoms with Gasteiger partial charge in [-0.05, 0) is 12.1 Å². The molecule has 142 valence electrons. The van der Waals surface area contributed by atoms with Crippen molar-refractivity contribution in [3.05, 3.63) is 49.4 Å². The molecule has 2 aromatic rings. The van der Waals surface area contributed by atoms with Gasteiger partial charge in [-0.3, -0.25) is 9.59 Å². The van der Waals surface area contributed by atoms with Crippen molar-refractivity contribution >= 4 is 28.8 Å². The molecule has 0 unspecified atom stereocenters. The molecule has 0 aliphatic carbocycles. The summed E-state index contributed by atoms with van der Waals surface area (Å²) in [6.45, 7) is 2.06. The van der Waals surface area contributed by atoms with Crippen LogP contribution in [0.1, 0.15) is 26.3 Å². The van der Waals surface area contributed by atoms with Gasteiger partial charge in [0.2, 0.25) is 0 Å². The second-order valence-corrected chi connectivity index (χ2v) is 7.79. The number of para-hydroxylation sites is 1. The lowest BCUT2D eigenvalue weighted by Gasteiger charge is -2.15. The number of aromatic nitrogens is 1. The lowest BCUT2D eigenvalue weighted by atomic mass is 9.87. The molecule has 0 fully saturated rings. The Balaban J connectivity index is 2.75. The number of ether oxygens (including phenoxy) is 1. The number of Topliss-reactive ketones (excluding diaryl/α,β-unsaturated/α-hetero) is 1. The van der Waals surface area contributed by atoms with Gasteiger partial charge < -0.3 is 9.30 Å². The highest BCUT2D eigenvalue weighted by atomic mass is 32.1. The highest BCUT2D eigenvalue weighted by Gasteiger charge is 2.27. The molecule has 0 aliphatic heterocycles. The molecule has 0 saturated heterocycles. The van der Waals surface area contributed by atoms with Crippen LogP contribution in [0.5, 0.6) is 5.75 Å². The van der Waals surface area contributed by atoms with Crippen molar-refractivity contribution in [2.75, 3.05) is 0 Å². The largest absolute Gasteiger partial charge is 0.434 e. The van der Waals surface area contributed by atoms with E-state index in [-0.39, 0.29) is 26.3 Å². The minimum absolute atomic E-state index is 0.0697. The molecule has 5 nitrogen and oxygen atoms in total. The Labute approximate surface area is 158 Å². The third-order valence-electron chi connectivity index (χ3n) is 3.68. The van der Waals surface area contributed by atoms with Crippen LogP contribution in [0.15, 0.2) is 29.1 Å². The number of benzene rings is 1. The summed E-state index contributed by atoms with van der Waals surface area (Å²) in [5, 5.41) is 9.44. The Hall–Kier alpha value is -2.79. The zero-order valence-electron chi connectivity index (χ0n) is 15.2. The highest BCUT2D eigenvalue weighted by molar-refractivity contribution is 7.07. The average Bonchev–Trinajstić information content (AvgIpc) is 2.85. The number of rotatable bonds is 4. The quantitative estimate of drug-likeness (QED) is 0.800. The number of hydrogen-bond acceptors (Lipinski definition) is 5. The molecule has 0 aliphatic rings. The van der Waals surface area contributed by atoms with E-state index >= 15 is 0 Å². The highest BCUT2D eigenvalue weighted by Crippen LogP contribution is 2.21. The summed E-state index contributed by atoms with van der Waals surface area (Å²) in [7, 11) is 1.46. The molecule has 0 N–H and O–H groups in total. The molecule has 0 spiro atoms. The first kappa shape index (κ1) is 20.5. The van der Waals surface area contributed by atoms with E-state index < -0.39 is 17.6 Å². The smallest absolute Gasteiger partial charge is 0.387 e. The Bertz CT molecular complexity index is 1090. The molecule has 0 radical (unpaired) electrons. The summed E-state index contributed by atoms with van der Waals surface area (Å²) < 4.78 is 31.2. The number of carbonyl (C=O) groups is 1. The van der Waals surface area contributed by atoms with Crippen molar-refractivity contribution in [3.63, 3.8) is 0 Å². The summed E-state index contributed by atoms with van der Waals surface area (Å²) >= 11 is 0.957. The van der Waals surface area contributed by atoms with E-state index in [2.05, 4.69) is 4.74 Å². The summed E-state index contributed by atoms with van der Waals surface area (Å²) in [6.07, 6.45) is 1.41. The second-order valence-electron chi connectivity index (χ2n) is 6.76. The van der Waals surface area contributed by atoms with E-state index in [1.54, 1.807) is 26.8 Å². The number of nitrogens with zero attached hydrogens (tertiary/aromatic N) is 2. The minimum atomic E-state index is -3.00. The van der Waals surface area contributed by atoms with Crippen LogP contribution in [0.4, 0.5) is 8.78 Å². The predicted octanol–water partition coefficient (Wildman–Crippen LogP) is 2.17. The fraction of sp³-hybridized carbons (Fsp3) is 0.316. The van der Waals surface area contributed by atoms with Gasteiger partial charge in [0.05, 0.1) is 4.53 Å². The van der Waals surface area contributed by atoms with Gasteiger partial charge in [-0.15, -0.1) is 11.3 Å². The fourth-order valence-corrected chi connectivity index (χ4v) is 3.38. The zero-order valence-corrected chi connectivity index (χ0v) is 16.1. The molecule has 0 amide bonds. The van der Waals surface area contributed by atoms with Gasteiger partial charge in [0.1, 0.15) is 22.1 Å². The van der Waals surface area contributed by atoms with Crippen LogP contribution < -0.4 is 19.5 Å². The van der Waals surface area contributed by atoms with Crippen LogP contribution in [0.3, 0.4) is 0 Å². The molecule has 1 aromatic carbocycles. The molecule has 0 atom stereocenters. The van der Waals surface area contributed by atoms with Gasteiger partial charge in [0.15, 0.2) is 5.78 Å². The van der Waals surface area contributed by atoms with Crippen molar-refractivity contribution in [2.24, 2.45) is 12.5 Å². The summed E-state index contributed by atoms with van der Waals surface area (Å²) in [5.41, 5.74) is -1.03. The molecule has 2 rings (SSSR count). The SMILES string of the molecule is Cn1c(=O)/c(=C\c2ccccc2OC(F)F)s/c1=C(/C#N)C(=O)C(C)(C)C. The number of hydrogen-bond donors (Lipinski definition) is 0. The van der Waals surface area contributed by atoms with Crippen LogP contribution in [-0.2, 0) is 11.8 Å². The second kappa shape index (κ2) is 7.84. The summed E-state index contributed by atoms with van der Waals surface area (Å²) in [4.78, 5) is 25.1. The molecular weight excluding hydrogens is 374 g/mol. The van der Waals surface area contributed by atoms with E-state index in [0.717, 1.165) is 11.3 Å². The first-order valence-electron chi connectivity index (χ1n) is 7.97. The van der Waals surface area contributed by atoms with Gasteiger partial charge in [-0.25, -0.2) is 0 Å². The van der Waals surface area contributed by atoms with Crippen molar-refractivity contribution in [3.8, 4) is 11.8 Å². The van der Waals surface area contributed by atoms with Crippen LogP contribution in [0.2, 0.25) is 0 Å². The molecule has 1 heterocycles. The Kier molecular flexibility index (Phi) is 5.96. The molecule has 27 heavy (non-hydrogen) atoms. The number of nitriles is 1. The standard InChI is InChI=1S/C19H18F2N2O3S/c1-19(2,3)15(24)12(10-22)17-23(4)16(25)14(27-17)9-11-7-5-6-8-13(11)26-18(20)21/h5-9,18H,1-4H3/b14-9+,17-12-. The third-order valence-corrected chi connectivity index (χ3v) is 4.87. The monoisotopic (exact) mass is 392 g/mol. The summed E-state index contributed by atoms with van der Waals surface area (Å²) in [6, 6.07) is 7.95. The molecular formula is C19H18F2N2O3S. The van der Waals surface area contributed by atoms with Crippen molar-refractivity contribution in [2.45, 2.75) is 27.4 Å². The molecule has 0 saturated carbocycles. The van der Waals surface area contributed by atoms with Gasteiger partial charge in [0, 0.05) is 18.0 Å². The first-order chi connectivity index (χ1) is 12.6. The summed E-state index contributed by atoms with van der Waals surface area (Å²) in [5.74, 6) is -0.449. The minimum Gasteiger partial charge on any atom is -0.434 e.